The van der Waals surface area contributed by atoms with Gasteiger partial charge in [0.15, 0.2) is 5.96 Å². The van der Waals surface area contributed by atoms with E-state index in [1.165, 1.54) is 5.56 Å². The number of guanidine groups is 1. The molecular weight excluding hydrogens is 451 g/mol. The van der Waals surface area contributed by atoms with Crippen molar-refractivity contribution in [1.29, 1.82) is 0 Å². The molecule has 0 atom stereocenters. The second kappa shape index (κ2) is 13.5. The monoisotopic (exact) mass is 484 g/mol. The third-order valence-corrected chi connectivity index (χ3v) is 4.05. The van der Waals surface area contributed by atoms with Gasteiger partial charge in [0.25, 0.3) is 0 Å². The van der Waals surface area contributed by atoms with E-state index in [1.54, 1.807) is 6.33 Å². The first-order chi connectivity index (χ1) is 12.7. The molecule has 1 aromatic heterocycles. The summed E-state index contributed by atoms with van der Waals surface area (Å²) in [6, 6.07) is 10.6. The summed E-state index contributed by atoms with van der Waals surface area (Å²) in [5.41, 5.74) is 1.38. The minimum atomic E-state index is 0. The van der Waals surface area contributed by atoms with E-state index in [9.17, 15) is 0 Å². The summed E-state index contributed by atoms with van der Waals surface area (Å²) in [6.45, 7) is 9.82. The lowest BCUT2D eigenvalue weighted by Crippen LogP contribution is -2.40. The Hall–Kier alpha value is -1.64. The lowest BCUT2D eigenvalue weighted by molar-refractivity contribution is 0.620. The summed E-state index contributed by atoms with van der Waals surface area (Å²) in [5.74, 6) is 2.45. The second-order valence-electron chi connectivity index (χ2n) is 6.82. The summed E-state index contributed by atoms with van der Waals surface area (Å²) in [4.78, 5) is 4.68. The first kappa shape index (κ1) is 23.4. The fraction of sp³-hybridized carbons (Fsp3) is 0.550. The van der Waals surface area contributed by atoms with E-state index in [0.717, 1.165) is 57.2 Å². The van der Waals surface area contributed by atoms with E-state index in [2.05, 4.69) is 81.5 Å². The highest BCUT2D eigenvalue weighted by Gasteiger charge is 2.03. The molecule has 6 nitrogen and oxygen atoms in total. The molecule has 27 heavy (non-hydrogen) atoms. The van der Waals surface area contributed by atoms with Crippen LogP contribution in [0.2, 0.25) is 0 Å². The van der Waals surface area contributed by atoms with Crippen LogP contribution >= 0.6 is 24.0 Å². The maximum atomic E-state index is 4.68. The van der Waals surface area contributed by atoms with Gasteiger partial charge in [0.05, 0.1) is 0 Å². The molecule has 1 aromatic carbocycles. The fourth-order valence-corrected chi connectivity index (χ4v) is 2.63. The van der Waals surface area contributed by atoms with Crippen molar-refractivity contribution >= 4 is 29.9 Å². The van der Waals surface area contributed by atoms with Gasteiger partial charge in [0.2, 0.25) is 0 Å². The van der Waals surface area contributed by atoms with Crippen molar-refractivity contribution in [3.63, 3.8) is 0 Å². The summed E-state index contributed by atoms with van der Waals surface area (Å²) in [6.07, 6.45) is 4.84. The number of aryl methyl sites for hydroxylation is 2. The van der Waals surface area contributed by atoms with Crippen LogP contribution in [-0.2, 0) is 19.4 Å². The average molecular weight is 484 g/mol. The molecular formula is C20H33IN6. The number of benzene rings is 1. The molecule has 2 aromatic rings. The predicted molar refractivity (Wildman–Crippen MR) is 123 cm³/mol. The zero-order valence-electron chi connectivity index (χ0n) is 16.7. The third kappa shape index (κ3) is 9.21. The Balaban J connectivity index is 0.00000364. The maximum Gasteiger partial charge on any atom is 0.191 e. The first-order valence-corrected chi connectivity index (χ1v) is 9.61. The molecule has 0 aliphatic rings. The Labute approximate surface area is 180 Å². The molecule has 1 heterocycles. The molecule has 0 aliphatic heterocycles. The normalized spacial score (nSPS) is 11.3. The highest BCUT2D eigenvalue weighted by molar-refractivity contribution is 14.0. The van der Waals surface area contributed by atoms with E-state index in [0.29, 0.717) is 5.92 Å². The topological polar surface area (TPSA) is 67.1 Å². The number of nitrogens with one attached hydrogen (secondary N) is 2. The molecule has 0 spiro atoms. The van der Waals surface area contributed by atoms with Crippen molar-refractivity contribution < 1.29 is 0 Å². The van der Waals surface area contributed by atoms with Gasteiger partial charge in [-0.25, -0.2) is 0 Å². The number of hydrogen-bond acceptors (Lipinski definition) is 3. The van der Waals surface area contributed by atoms with Crippen molar-refractivity contribution in [2.75, 3.05) is 19.6 Å². The number of nitrogens with zero attached hydrogens (tertiary/aromatic N) is 4. The number of aromatic nitrogens is 3. The third-order valence-electron chi connectivity index (χ3n) is 4.05. The van der Waals surface area contributed by atoms with Gasteiger partial charge in [-0.05, 0) is 24.3 Å². The van der Waals surface area contributed by atoms with Gasteiger partial charge in [-0.3, -0.25) is 4.99 Å². The Morgan fingerprint density at radius 1 is 1.15 bits per heavy atom. The second-order valence-corrected chi connectivity index (χ2v) is 6.82. The van der Waals surface area contributed by atoms with Crippen LogP contribution in [-0.4, -0.2) is 40.4 Å². The van der Waals surface area contributed by atoms with Crippen molar-refractivity contribution in [2.24, 2.45) is 10.9 Å². The molecule has 7 heteroatoms. The first-order valence-electron chi connectivity index (χ1n) is 9.61. The van der Waals surface area contributed by atoms with Crippen LogP contribution in [0.1, 0.15) is 38.6 Å². The van der Waals surface area contributed by atoms with Crippen LogP contribution < -0.4 is 10.6 Å². The molecule has 0 radical (unpaired) electrons. The Morgan fingerprint density at radius 3 is 2.59 bits per heavy atom. The van der Waals surface area contributed by atoms with Crippen LogP contribution in [0.3, 0.4) is 0 Å². The van der Waals surface area contributed by atoms with E-state index < -0.39 is 0 Å². The molecule has 0 fully saturated rings. The van der Waals surface area contributed by atoms with Gasteiger partial charge in [-0.1, -0.05) is 51.1 Å². The summed E-state index contributed by atoms with van der Waals surface area (Å²) >= 11 is 0. The molecule has 150 valence electrons. The summed E-state index contributed by atoms with van der Waals surface area (Å²) < 4.78 is 2.09. The zero-order valence-corrected chi connectivity index (χ0v) is 19.0. The molecule has 2 rings (SSSR count). The number of halogens is 1. The predicted octanol–water partition coefficient (Wildman–Crippen LogP) is 3.28. The Kier molecular flexibility index (Phi) is 11.7. The van der Waals surface area contributed by atoms with Crippen molar-refractivity contribution in [1.82, 2.24) is 25.4 Å². The van der Waals surface area contributed by atoms with Crippen LogP contribution in [0.25, 0.3) is 0 Å². The molecule has 0 saturated carbocycles. The van der Waals surface area contributed by atoms with E-state index in [1.807, 2.05) is 0 Å². The quantitative estimate of drug-likeness (QED) is 0.235. The number of rotatable bonds is 10. The van der Waals surface area contributed by atoms with Crippen LogP contribution in [0.5, 0.6) is 0 Å². The van der Waals surface area contributed by atoms with Crippen molar-refractivity contribution in [2.45, 2.75) is 46.6 Å². The van der Waals surface area contributed by atoms with Gasteiger partial charge >= 0.3 is 0 Å². The molecule has 0 unspecified atom stereocenters. The van der Waals surface area contributed by atoms with E-state index >= 15 is 0 Å². The van der Waals surface area contributed by atoms with Crippen LogP contribution in [0.15, 0.2) is 41.7 Å². The molecule has 0 saturated heterocycles. The van der Waals surface area contributed by atoms with Crippen molar-refractivity contribution in [3.8, 4) is 0 Å². The van der Waals surface area contributed by atoms with Gasteiger partial charge in [-0.2, -0.15) is 0 Å². The lowest BCUT2D eigenvalue weighted by atomic mass is 10.1. The lowest BCUT2D eigenvalue weighted by Gasteiger charge is -2.14. The Morgan fingerprint density at radius 2 is 1.89 bits per heavy atom. The largest absolute Gasteiger partial charge is 0.356 e. The molecule has 2 N–H and O–H groups in total. The Bertz CT molecular complexity index is 654. The molecule has 0 bridgehead atoms. The SMILES string of the molecule is CCc1nncn1CCNC(=NCC(C)C)NCCCc1ccccc1.I. The van der Waals surface area contributed by atoms with Crippen LogP contribution in [0.4, 0.5) is 0 Å². The van der Waals surface area contributed by atoms with E-state index in [-0.39, 0.29) is 24.0 Å². The zero-order chi connectivity index (χ0) is 18.6. The smallest absolute Gasteiger partial charge is 0.191 e. The van der Waals surface area contributed by atoms with Gasteiger partial charge in [0.1, 0.15) is 12.2 Å². The van der Waals surface area contributed by atoms with Gasteiger partial charge in [0, 0.05) is 32.6 Å². The van der Waals surface area contributed by atoms with Crippen LogP contribution in [0, 0.1) is 5.92 Å². The standard InChI is InChI=1S/C20H32N6.HI/c1-4-19-25-24-16-26(19)14-13-22-20(23-15-17(2)3)21-12-8-11-18-9-6-5-7-10-18;/h5-7,9-10,16-17H,4,8,11-15H2,1-3H3,(H2,21,22,23);1H. The van der Waals surface area contributed by atoms with Crippen molar-refractivity contribution in [3.05, 3.63) is 48.0 Å². The minimum absolute atomic E-state index is 0. The maximum absolute atomic E-state index is 4.68. The van der Waals surface area contributed by atoms with E-state index in [4.69, 9.17) is 0 Å². The summed E-state index contributed by atoms with van der Waals surface area (Å²) in [5, 5.41) is 15.0. The highest BCUT2D eigenvalue weighted by Crippen LogP contribution is 2.01. The highest BCUT2D eigenvalue weighted by atomic mass is 127. The molecule has 0 aliphatic carbocycles. The summed E-state index contributed by atoms with van der Waals surface area (Å²) in [7, 11) is 0. The van der Waals surface area contributed by atoms with Gasteiger partial charge < -0.3 is 15.2 Å². The minimum Gasteiger partial charge on any atom is -0.356 e. The number of aliphatic imine (C=N–C) groups is 1. The average Bonchev–Trinajstić information content (AvgIpc) is 3.11. The fourth-order valence-electron chi connectivity index (χ4n) is 2.63. The molecule has 0 amide bonds. The van der Waals surface area contributed by atoms with Gasteiger partial charge in [-0.15, -0.1) is 34.2 Å². The number of hydrogen-bond donors (Lipinski definition) is 2.